The van der Waals surface area contributed by atoms with Crippen LogP contribution < -0.4 is 0 Å². The molecule has 0 heterocycles. The van der Waals surface area contributed by atoms with E-state index >= 15 is 0 Å². The fraction of sp³-hybridized carbons (Fsp3) is 0.732. The molecule has 0 saturated carbocycles. The van der Waals surface area contributed by atoms with Crippen molar-refractivity contribution in [3.8, 4) is 0 Å². The number of carbonyl (C=O) groups is 3. The van der Waals surface area contributed by atoms with Crippen molar-refractivity contribution in [3.05, 3.63) is 72.9 Å². The van der Waals surface area contributed by atoms with E-state index in [1.54, 1.807) is 0 Å². The van der Waals surface area contributed by atoms with Crippen LogP contribution in [0.3, 0.4) is 0 Å². The molecule has 0 aliphatic carbocycles. The minimum Gasteiger partial charge on any atom is -0.462 e. The minimum absolute atomic E-state index is 0.104. The summed E-state index contributed by atoms with van der Waals surface area (Å²) < 4.78 is 16.7. The lowest BCUT2D eigenvalue weighted by Gasteiger charge is -2.18. The first-order valence-electron chi connectivity index (χ1n) is 26.0. The van der Waals surface area contributed by atoms with Crippen LogP contribution in [-0.4, -0.2) is 37.2 Å². The molecule has 0 N–H and O–H groups in total. The second-order valence-electron chi connectivity index (χ2n) is 17.1. The van der Waals surface area contributed by atoms with Crippen molar-refractivity contribution in [1.82, 2.24) is 0 Å². The molecule has 0 aromatic rings. The van der Waals surface area contributed by atoms with E-state index in [0.29, 0.717) is 19.3 Å². The maximum Gasteiger partial charge on any atom is 0.306 e. The summed E-state index contributed by atoms with van der Waals surface area (Å²) in [6, 6.07) is 0. The fourth-order valence-electron chi connectivity index (χ4n) is 7.05. The van der Waals surface area contributed by atoms with Gasteiger partial charge in [0.25, 0.3) is 0 Å². The number of carbonyl (C=O) groups excluding carboxylic acids is 3. The molecule has 0 aliphatic heterocycles. The quantitative estimate of drug-likeness (QED) is 0.0199. The van der Waals surface area contributed by atoms with Gasteiger partial charge in [0.2, 0.25) is 0 Å². The van der Waals surface area contributed by atoms with Gasteiger partial charge in [-0.25, -0.2) is 0 Å². The van der Waals surface area contributed by atoms with E-state index in [2.05, 4.69) is 87.6 Å². The zero-order valence-electron chi connectivity index (χ0n) is 40.6. The van der Waals surface area contributed by atoms with Crippen molar-refractivity contribution in [2.75, 3.05) is 13.2 Å². The van der Waals surface area contributed by atoms with Gasteiger partial charge in [-0.2, -0.15) is 0 Å². The molecule has 0 aromatic carbocycles. The Kier molecular flexibility index (Phi) is 47.9. The number of allylic oxidation sites excluding steroid dienone is 12. The second kappa shape index (κ2) is 50.5. The highest BCUT2D eigenvalue weighted by Gasteiger charge is 2.19. The van der Waals surface area contributed by atoms with E-state index in [4.69, 9.17) is 14.2 Å². The number of esters is 3. The third-order valence-electron chi connectivity index (χ3n) is 11.0. The van der Waals surface area contributed by atoms with Gasteiger partial charge in [0, 0.05) is 19.3 Å². The predicted octanol–water partition coefficient (Wildman–Crippen LogP) is 17.0. The lowest BCUT2D eigenvalue weighted by atomic mass is 10.1. The third kappa shape index (κ3) is 47.9. The van der Waals surface area contributed by atoms with E-state index in [1.807, 2.05) is 6.08 Å². The largest absolute Gasteiger partial charge is 0.462 e. The van der Waals surface area contributed by atoms with Crippen LogP contribution in [0.4, 0.5) is 0 Å². The molecule has 0 saturated heterocycles. The molecule has 0 radical (unpaired) electrons. The van der Waals surface area contributed by atoms with Gasteiger partial charge in [0.1, 0.15) is 13.2 Å². The van der Waals surface area contributed by atoms with Gasteiger partial charge in [0.15, 0.2) is 6.10 Å². The molecule has 0 fully saturated rings. The van der Waals surface area contributed by atoms with Gasteiger partial charge in [-0.3, -0.25) is 14.4 Å². The molecule has 356 valence electrons. The van der Waals surface area contributed by atoms with Crippen LogP contribution in [0.1, 0.15) is 245 Å². The summed E-state index contributed by atoms with van der Waals surface area (Å²) in [5.41, 5.74) is 0. The Morgan fingerprint density at radius 2 is 0.710 bits per heavy atom. The summed E-state index contributed by atoms with van der Waals surface area (Å²) >= 11 is 0. The van der Waals surface area contributed by atoms with Crippen molar-refractivity contribution in [1.29, 1.82) is 0 Å². The van der Waals surface area contributed by atoms with Crippen molar-refractivity contribution in [3.63, 3.8) is 0 Å². The van der Waals surface area contributed by atoms with Gasteiger partial charge in [-0.1, -0.05) is 209 Å². The Hall–Kier alpha value is -3.15. The molecular weight excluding hydrogens is 769 g/mol. The van der Waals surface area contributed by atoms with Crippen molar-refractivity contribution in [2.45, 2.75) is 252 Å². The predicted molar refractivity (Wildman–Crippen MR) is 265 cm³/mol. The Labute approximate surface area is 382 Å². The van der Waals surface area contributed by atoms with Crippen LogP contribution in [0, 0.1) is 0 Å². The molecule has 0 amide bonds. The SMILES string of the molecule is CC/C=C\C/C=C\CCCCCCCC(=O)OCC(COC(=O)CCCCCCCCCCCC/C=C\C=C/CCCCC)OC(=O)CC/C=C\C/C=C\CCCCCCCC. The summed E-state index contributed by atoms with van der Waals surface area (Å²) in [5, 5.41) is 0. The van der Waals surface area contributed by atoms with Gasteiger partial charge in [-0.15, -0.1) is 0 Å². The molecule has 0 rings (SSSR count). The molecule has 0 bridgehead atoms. The van der Waals surface area contributed by atoms with Gasteiger partial charge < -0.3 is 14.2 Å². The van der Waals surface area contributed by atoms with Crippen molar-refractivity contribution < 1.29 is 28.6 Å². The zero-order valence-corrected chi connectivity index (χ0v) is 40.6. The Bertz CT molecular complexity index is 1180. The maximum absolute atomic E-state index is 12.7. The van der Waals surface area contributed by atoms with E-state index in [1.165, 1.54) is 116 Å². The van der Waals surface area contributed by atoms with Crippen molar-refractivity contribution >= 4 is 17.9 Å². The van der Waals surface area contributed by atoms with Crippen LogP contribution in [0.25, 0.3) is 0 Å². The molecule has 6 heteroatoms. The first-order valence-corrected chi connectivity index (χ1v) is 26.0. The van der Waals surface area contributed by atoms with Gasteiger partial charge in [0.05, 0.1) is 0 Å². The highest BCUT2D eigenvalue weighted by atomic mass is 16.6. The summed E-state index contributed by atoms with van der Waals surface area (Å²) in [6.07, 6.45) is 63.3. The fourth-order valence-corrected chi connectivity index (χ4v) is 7.05. The topological polar surface area (TPSA) is 78.9 Å². The molecule has 1 unspecified atom stereocenters. The summed E-state index contributed by atoms with van der Waals surface area (Å²) in [7, 11) is 0. The third-order valence-corrected chi connectivity index (χ3v) is 11.0. The van der Waals surface area contributed by atoms with Crippen LogP contribution >= 0.6 is 0 Å². The minimum atomic E-state index is -0.812. The molecular formula is C56H96O6. The Morgan fingerprint density at radius 3 is 1.16 bits per heavy atom. The normalized spacial score (nSPS) is 12.6. The number of rotatable bonds is 46. The molecule has 0 aromatic heterocycles. The molecule has 62 heavy (non-hydrogen) atoms. The first-order chi connectivity index (χ1) is 30.5. The average molecular weight is 865 g/mol. The second-order valence-corrected chi connectivity index (χ2v) is 17.1. The van der Waals surface area contributed by atoms with Gasteiger partial charge in [-0.05, 0) is 89.9 Å². The smallest absolute Gasteiger partial charge is 0.306 e. The van der Waals surface area contributed by atoms with E-state index < -0.39 is 6.10 Å². The van der Waals surface area contributed by atoms with Crippen LogP contribution in [-0.2, 0) is 28.6 Å². The number of hydrogen-bond acceptors (Lipinski definition) is 6. The van der Waals surface area contributed by atoms with E-state index in [9.17, 15) is 14.4 Å². The lowest BCUT2D eigenvalue weighted by molar-refractivity contribution is -0.166. The first kappa shape index (κ1) is 58.9. The highest BCUT2D eigenvalue weighted by molar-refractivity contribution is 5.71. The van der Waals surface area contributed by atoms with Crippen molar-refractivity contribution in [2.24, 2.45) is 0 Å². The molecule has 6 nitrogen and oxygen atoms in total. The maximum atomic E-state index is 12.7. The monoisotopic (exact) mass is 865 g/mol. The number of unbranched alkanes of at least 4 members (excludes halogenated alkanes) is 24. The average Bonchev–Trinajstić information content (AvgIpc) is 3.27. The standard InChI is InChI=1S/C56H96O6/c1-4-7-10-13-16-19-22-25-26-27-28-29-30-32-34-37-40-43-46-49-55(58)61-52-53(51-60-54(57)48-45-42-39-36-33-24-21-18-15-12-9-6-3)62-56(59)50-47-44-41-38-35-31-23-20-17-14-11-8-5-2/h9,12,16,18-19,21-22,25,31,35,41,44,53H,4-8,10-11,13-15,17,20,23-24,26-30,32-34,36-40,42-43,45-52H2,1-3H3/b12-9-,19-16-,21-18-,25-22-,35-31-,44-41-. The van der Waals surface area contributed by atoms with E-state index in [0.717, 1.165) is 83.5 Å². The Morgan fingerprint density at radius 1 is 0.355 bits per heavy atom. The Balaban J connectivity index is 4.40. The number of hydrogen-bond donors (Lipinski definition) is 0. The van der Waals surface area contributed by atoms with Crippen LogP contribution in [0.5, 0.6) is 0 Å². The lowest BCUT2D eigenvalue weighted by Crippen LogP contribution is -2.30. The number of ether oxygens (including phenoxy) is 3. The summed E-state index contributed by atoms with van der Waals surface area (Å²) in [6.45, 7) is 6.43. The van der Waals surface area contributed by atoms with Crippen LogP contribution in [0.15, 0.2) is 72.9 Å². The molecule has 1 atom stereocenters. The summed E-state index contributed by atoms with van der Waals surface area (Å²) in [5.74, 6) is -0.991. The zero-order chi connectivity index (χ0) is 45.1. The highest BCUT2D eigenvalue weighted by Crippen LogP contribution is 2.14. The van der Waals surface area contributed by atoms with Gasteiger partial charge >= 0.3 is 17.9 Å². The van der Waals surface area contributed by atoms with E-state index in [-0.39, 0.29) is 37.5 Å². The molecule has 0 spiro atoms. The van der Waals surface area contributed by atoms with Crippen LogP contribution in [0.2, 0.25) is 0 Å². The summed E-state index contributed by atoms with van der Waals surface area (Å²) in [4.78, 5) is 37.9. The molecule has 0 aliphatic rings.